The maximum absolute atomic E-state index is 13.4. The molecule has 3 atom stereocenters. The van der Waals surface area contributed by atoms with Crippen molar-refractivity contribution < 1.29 is 9.50 Å². The fourth-order valence-corrected chi connectivity index (χ4v) is 3.21. The van der Waals surface area contributed by atoms with E-state index in [2.05, 4.69) is 9.55 Å². The van der Waals surface area contributed by atoms with Gasteiger partial charge in [-0.25, -0.2) is 9.37 Å². The van der Waals surface area contributed by atoms with Gasteiger partial charge in [-0.2, -0.15) is 0 Å². The van der Waals surface area contributed by atoms with Crippen molar-refractivity contribution in [1.82, 2.24) is 9.55 Å². The fraction of sp³-hybridized carbons (Fsp3) is 0.357. The van der Waals surface area contributed by atoms with Crippen LogP contribution >= 0.6 is 0 Å². The molecule has 0 spiro atoms. The molecule has 0 radical (unpaired) electrons. The first kappa shape index (κ1) is 10.3. The van der Waals surface area contributed by atoms with Crippen LogP contribution in [0.2, 0.25) is 0 Å². The van der Waals surface area contributed by atoms with E-state index in [1.54, 1.807) is 18.6 Å². The minimum absolute atomic E-state index is 0.113. The zero-order valence-corrected chi connectivity index (χ0v) is 9.75. The predicted molar refractivity (Wildman–Crippen MR) is 64.5 cm³/mol. The van der Waals surface area contributed by atoms with Crippen LogP contribution in [0.25, 0.3) is 11.3 Å². The lowest BCUT2D eigenvalue weighted by Gasteiger charge is -2.38. The summed E-state index contributed by atoms with van der Waals surface area (Å²) in [4.78, 5) is 4.15. The molecule has 1 saturated carbocycles. The van der Waals surface area contributed by atoms with Gasteiger partial charge in [-0.15, -0.1) is 0 Å². The number of hydrogen-bond donors (Lipinski definition) is 1. The minimum Gasteiger partial charge on any atom is -0.393 e. The number of aliphatic hydroxyl groups is 1. The van der Waals surface area contributed by atoms with E-state index in [9.17, 15) is 9.50 Å². The van der Waals surface area contributed by atoms with Gasteiger partial charge in [0.2, 0.25) is 0 Å². The van der Waals surface area contributed by atoms with E-state index in [-0.39, 0.29) is 23.9 Å². The van der Waals surface area contributed by atoms with E-state index < -0.39 is 0 Å². The van der Waals surface area contributed by atoms with E-state index in [4.69, 9.17) is 0 Å². The molecule has 1 N–H and O–H groups in total. The Labute approximate surface area is 104 Å². The Balaban J connectivity index is 1.91. The Bertz CT molecular complexity index is 622. The van der Waals surface area contributed by atoms with Gasteiger partial charge in [0.25, 0.3) is 0 Å². The van der Waals surface area contributed by atoms with E-state index >= 15 is 0 Å². The third-order valence-electron chi connectivity index (χ3n) is 4.27. The van der Waals surface area contributed by atoms with Crippen LogP contribution in [-0.2, 0) is 0 Å². The van der Waals surface area contributed by atoms with E-state index in [1.807, 2.05) is 6.07 Å². The molecule has 0 amide bonds. The highest BCUT2D eigenvalue weighted by Gasteiger charge is 2.42. The molecule has 1 aromatic carbocycles. The second kappa shape index (κ2) is 3.42. The maximum Gasteiger partial charge on any atom is 0.123 e. The molecular weight excluding hydrogens is 231 g/mol. The number of aromatic nitrogens is 2. The molecule has 1 aliphatic carbocycles. The van der Waals surface area contributed by atoms with Crippen LogP contribution in [0.3, 0.4) is 0 Å². The van der Waals surface area contributed by atoms with E-state index in [1.165, 1.54) is 6.07 Å². The van der Waals surface area contributed by atoms with Crippen LogP contribution in [-0.4, -0.2) is 20.8 Å². The fourth-order valence-electron chi connectivity index (χ4n) is 3.21. The molecule has 92 valence electrons. The summed E-state index contributed by atoms with van der Waals surface area (Å²) < 4.78 is 15.5. The SMILES string of the molecule is O[C@@H]1CC[C@@H]1[C@H]1c2ccc(F)cc2-c2cncn21. The third-order valence-corrected chi connectivity index (χ3v) is 4.27. The average Bonchev–Trinajstić information content (AvgIpc) is 2.91. The third kappa shape index (κ3) is 1.18. The van der Waals surface area contributed by atoms with Crippen molar-refractivity contribution in [2.24, 2.45) is 5.92 Å². The Morgan fingerprint density at radius 1 is 1.33 bits per heavy atom. The number of rotatable bonds is 1. The Morgan fingerprint density at radius 2 is 2.22 bits per heavy atom. The van der Waals surface area contributed by atoms with Crippen molar-refractivity contribution in [1.29, 1.82) is 0 Å². The summed E-state index contributed by atoms with van der Waals surface area (Å²) in [6.07, 6.45) is 5.18. The molecule has 2 aliphatic rings. The molecule has 4 rings (SSSR count). The van der Waals surface area contributed by atoms with Crippen LogP contribution in [0.1, 0.15) is 24.4 Å². The molecular formula is C14H13FN2O. The van der Waals surface area contributed by atoms with Gasteiger partial charge in [-0.05, 0) is 30.5 Å². The van der Waals surface area contributed by atoms with Crippen LogP contribution in [0.4, 0.5) is 4.39 Å². The Hall–Kier alpha value is -1.68. The predicted octanol–water partition coefficient (Wildman–Crippen LogP) is 2.36. The van der Waals surface area contributed by atoms with Crippen molar-refractivity contribution >= 4 is 0 Å². The summed E-state index contributed by atoms with van der Waals surface area (Å²) in [6, 6.07) is 5.01. The van der Waals surface area contributed by atoms with Gasteiger partial charge in [0.05, 0.1) is 30.4 Å². The Morgan fingerprint density at radius 3 is 2.94 bits per heavy atom. The molecule has 2 heterocycles. The molecule has 1 aliphatic heterocycles. The maximum atomic E-state index is 13.4. The van der Waals surface area contributed by atoms with Crippen LogP contribution < -0.4 is 0 Å². The first-order chi connectivity index (χ1) is 8.75. The number of benzene rings is 1. The first-order valence-electron chi connectivity index (χ1n) is 6.25. The van der Waals surface area contributed by atoms with Gasteiger partial charge >= 0.3 is 0 Å². The lowest BCUT2D eigenvalue weighted by Crippen LogP contribution is -2.37. The van der Waals surface area contributed by atoms with Crippen molar-refractivity contribution in [2.45, 2.75) is 25.0 Å². The molecule has 0 unspecified atom stereocenters. The quantitative estimate of drug-likeness (QED) is 0.836. The van der Waals surface area contributed by atoms with Crippen molar-refractivity contribution in [3.05, 3.63) is 42.1 Å². The molecule has 3 nitrogen and oxygen atoms in total. The number of aliphatic hydroxyl groups excluding tert-OH is 1. The monoisotopic (exact) mass is 244 g/mol. The summed E-state index contributed by atoms with van der Waals surface area (Å²) in [5.74, 6) is 0.000897. The smallest absolute Gasteiger partial charge is 0.123 e. The lowest BCUT2D eigenvalue weighted by atomic mass is 9.74. The van der Waals surface area contributed by atoms with Crippen LogP contribution in [0, 0.1) is 11.7 Å². The lowest BCUT2D eigenvalue weighted by molar-refractivity contribution is 0.00415. The zero-order valence-electron chi connectivity index (χ0n) is 9.75. The molecule has 0 saturated heterocycles. The topological polar surface area (TPSA) is 38.1 Å². The van der Waals surface area contributed by atoms with Crippen molar-refractivity contribution in [2.75, 3.05) is 0 Å². The zero-order chi connectivity index (χ0) is 12.3. The highest BCUT2D eigenvalue weighted by Crippen LogP contribution is 2.48. The van der Waals surface area contributed by atoms with Crippen LogP contribution in [0.5, 0.6) is 0 Å². The van der Waals surface area contributed by atoms with Crippen molar-refractivity contribution in [3.8, 4) is 11.3 Å². The van der Waals surface area contributed by atoms with Gasteiger partial charge in [-0.3, -0.25) is 0 Å². The number of fused-ring (bicyclic) bond motifs is 3. The second-order valence-electron chi connectivity index (χ2n) is 5.17. The Kier molecular flexibility index (Phi) is 1.95. The largest absolute Gasteiger partial charge is 0.393 e. The molecule has 0 bridgehead atoms. The van der Waals surface area contributed by atoms with Gasteiger partial charge in [0.15, 0.2) is 0 Å². The first-order valence-corrected chi connectivity index (χ1v) is 6.25. The molecule has 4 heteroatoms. The normalized spacial score (nSPS) is 28.7. The van der Waals surface area contributed by atoms with Gasteiger partial charge in [0, 0.05) is 11.5 Å². The number of halogens is 1. The van der Waals surface area contributed by atoms with Gasteiger partial charge in [-0.1, -0.05) is 6.07 Å². The molecule has 1 fully saturated rings. The highest BCUT2D eigenvalue weighted by atomic mass is 19.1. The summed E-state index contributed by atoms with van der Waals surface area (Å²) in [7, 11) is 0. The second-order valence-corrected chi connectivity index (χ2v) is 5.17. The number of imidazole rings is 1. The summed E-state index contributed by atoms with van der Waals surface area (Å²) in [5.41, 5.74) is 2.97. The van der Waals surface area contributed by atoms with Gasteiger partial charge < -0.3 is 9.67 Å². The highest BCUT2D eigenvalue weighted by molar-refractivity contribution is 5.69. The summed E-state index contributed by atoms with van der Waals surface area (Å²) >= 11 is 0. The minimum atomic E-state index is -0.249. The molecule has 2 aromatic rings. The summed E-state index contributed by atoms with van der Waals surface area (Å²) in [5, 5.41) is 9.90. The van der Waals surface area contributed by atoms with E-state index in [0.717, 1.165) is 29.7 Å². The molecule has 18 heavy (non-hydrogen) atoms. The van der Waals surface area contributed by atoms with Crippen LogP contribution in [0.15, 0.2) is 30.7 Å². The van der Waals surface area contributed by atoms with E-state index in [0.29, 0.717) is 0 Å². The average molecular weight is 244 g/mol. The van der Waals surface area contributed by atoms with Crippen molar-refractivity contribution in [3.63, 3.8) is 0 Å². The summed E-state index contributed by atoms with van der Waals surface area (Å²) in [6.45, 7) is 0. The number of hydrogen-bond acceptors (Lipinski definition) is 2. The van der Waals surface area contributed by atoms with Gasteiger partial charge in [0.1, 0.15) is 5.82 Å². The number of nitrogens with zero attached hydrogens (tertiary/aromatic N) is 2. The standard InChI is InChI=1S/C14H13FN2O/c15-8-1-2-9-11(5-8)12-6-16-7-17(12)14(9)10-3-4-13(10)18/h1-2,5-7,10,13-14,18H,3-4H2/t10-,13+,14+/m0/s1. The molecule has 1 aromatic heterocycles.